The number of ether oxygens (including phenoxy) is 1. The van der Waals surface area contributed by atoms with Crippen LogP contribution in [0.15, 0.2) is 36.3 Å². The van der Waals surface area contributed by atoms with Crippen LogP contribution in [0.25, 0.3) is 0 Å². The Bertz CT molecular complexity index is 408. The average Bonchev–Trinajstić information content (AvgIpc) is 2.28. The van der Waals surface area contributed by atoms with Crippen LogP contribution >= 0.6 is 0 Å². The Labute approximate surface area is 154 Å². The third-order valence-corrected chi connectivity index (χ3v) is 2.55. The molecule has 0 saturated carbocycles. The third-order valence-electron chi connectivity index (χ3n) is 2.55. The summed E-state index contributed by atoms with van der Waals surface area (Å²) in [6, 6.07) is 7.23. The van der Waals surface area contributed by atoms with Gasteiger partial charge in [0.25, 0.3) is 0 Å². The molecule has 0 aliphatic carbocycles. The Hall–Kier alpha value is 0.211. The van der Waals surface area contributed by atoms with Crippen LogP contribution in [0, 0.1) is 0 Å². The van der Waals surface area contributed by atoms with Gasteiger partial charge in [-0.25, -0.2) is 0 Å². The molecule has 1 aromatic carbocycles. The van der Waals surface area contributed by atoms with Gasteiger partial charge in [-0.05, 0) is 31.3 Å². The first-order valence-corrected chi connectivity index (χ1v) is 5.52. The second kappa shape index (κ2) is 8.49. The molecule has 0 N–H and O–H groups in total. The molecule has 0 aliphatic rings. The summed E-state index contributed by atoms with van der Waals surface area (Å²) < 4.78 is 42.1. The van der Waals surface area contributed by atoms with Gasteiger partial charge in [-0.3, -0.25) is 0 Å². The smallest absolute Gasteiger partial charge is 0.497 e. The monoisotopic (exact) mass is 297 g/mol. The Kier molecular flexibility index (Phi) is 8.58. The van der Waals surface area contributed by atoms with Crippen LogP contribution in [0.5, 0.6) is 5.75 Å². The fraction of sp³-hybridized carbons (Fsp3) is 0.333. The van der Waals surface area contributed by atoms with E-state index in [4.69, 9.17) is 4.74 Å². The van der Waals surface area contributed by atoms with Gasteiger partial charge in [-0.1, -0.05) is 12.1 Å². The fourth-order valence-corrected chi connectivity index (χ4v) is 1.55. The molecule has 19 heavy (non-hydrogen) atoms. The van der Waals surface area contributed by atoms with Crippen molar-refractivity contribution in [3.05, 3.63) is 41.9 Å². The van der Waals surface area contributed by atoms with Crippen molar-refractivity contribution in [3.8, 4) is 5.75 Å². The molecule has 0 saturated heterocycles. The van der Waals surface area contributed by atoms with Gasteiger partial charge in [0.05, 0.1) is 7.11 Å². The van der Waals surface area contributed by atoms with Crippen molar-refractivity contribution in [1.29, 1.82) is 0 Å². The standard InChI is InChI=1S/C12H16BF3NO.K/c1-10(13(14,15)16)8-17(2)9-11-4-6-12(18-3)7-5-11;/h4-7H,1,8-9H2,2-3H3;/q-1;+1. The van der Waals surface area contributed by atoms with E-state index in [9.17, 15) is 12.9 Å². The summed E-state index contributed by atoms with van der Waals surface area (Å²) in [5, 5.41) is 0. The van der Waals surface area contributed by atoms with E-state index in [0.717, 1.165) is 11.3 Å². The van der Waals surface area contributed by atoms with E-state index in [1.54, 1.807) is 31.2 Å². The minimum atomic E-state index is -4.95. The first-order chi connectivity index (χ1) is 8.32. The van der Waals surface area contributed by atoms with Crippen LogP contribution in [-0.2, 0) is 6.54 Å². The van der Waals surface area contributed by atoms with E-state index < -0.39 is 12.4 Å². The second-order valence-electron chi connectivity index (χ2n) is 4.25. The van der Waals surface area contributed by atoms with Crippen LogP contribution in [0.2, 0.25) is 0 Å². The zero-order valence-corrected chi connectivity index (χ0v) is 14.6. The van der Waals surface area contributed by atoms with E-state index >= 15 is 0 Å². The maximum absolute atomic E-state index is 12.4. The summed E-state index contributed by atoms with van der Waals surface area (Å²) in [5.74, 6) is 0.726. The van der Waals surface area contributed by atoms with Gasteiger partial charge < -0.3 is 22.6 Å². The zero-order valence-electron chi connectivity index (χ0n) is 11.5. The third kappa shape index (κ3) is 6.97. The van der Waals surface area contributed by atoms with E-state index in [0.29, 0.717) is 6.54 Å². The van der Waals surface area contributed by atoms with Crippen molar-refractivity contribution in [2.24, 2.45) is 0 Å². The van der Waals surface area contributed by atoms with Crippen molar-refractivity contribution in [3.63, 3.8) is 0 Å². The number of methoxy groups -OCH3 is 1. The Balaban J connectivity index is 0.00000324. The SMILES string of the molecule is C=C(CN(C)Cc1ccc(OC)cc1)[B-](F)(F)F.[K+]. The van der Waals surface area contributed by atoms with Gasteiger partial charge in [0, 0.05) is 6.54 Å². The molecule has 100 valence electrons. The topological polar surface area (TPSA) is 12.5 Å². The van der Waals surface area contributed by atoms with Gasteiger partial charge in [0.2, 0.25) is 0 Å². The van der Waals surface area contributed by atoms with E-state index in [1.165, 1.54) is 0 Å². The molecule has 0 unspecified atom stereocenters. The predicted octanol–water partition coefficient (Wildman–Crippen LogP) is 0.0738. The number of halogens is 3. The molecule has 7 heteroatoms. The molecule has 0 amide bonds. The van der Waals surface area contributed by atoms with Crippen LogP contribution in [-0.4, -0.2) is 32.6 Å². The van der Waals surface area contributed by atoms with Gasteiger partial charge in [-0.15, -0.1) is 12.1 Å². The Morgan fingerprint density at radius 1 is 1.26 bits per heavy atom. The largest absolute Gasteiger partial charge is 1.00 e. The first-order valence-electron chi connectivity index (χ1n) is 5.52. The molecule has 0 bridgehead atoms. The molecule has 1 aromatic rings. The van der Waals surface area contributed by atoms with Crippen molar-refractivity contribution in [2.75, 3.05) is 20.7 Å². The van der Waals surface area contributed by atoms with Crippen LogP contribution < -0.4 is 56.1 Å². The summed E-state index contributed by atoms with van der Waals surface area (Å²) in [6.07, 6.45) is 0. The van der Waals surface area contributed by atoms with Crippen LogP contribution in [0.1, 0.15) is 5.56 Å². The zero-order chi connectivity index (χ0) is 13.8. The molecule has 2 nitrogen and oxygen atoms in total. The molecular formula is C12H16BF3KNO. The van der Waals surface area contributed by atoms with E-state index in [2.05, 4.69) is 6.58 Å². The quantitative estimate of drug-likeness (QED) is 0.689. The molecule has 0 spiro atoms. The van der Waals surface area contributed by atoms with Gasteiger partial charge >= 0.3 is 58.4 Å². The van der Waals surface area contributed by atoms with Gasteiger partial charge in [0.1, 0.15) is 5.75 Å². The fourth-order valence-electron chi connectivity index (χ4n) is 1.55. The molecule has 0 atom stereocenters. The minimum Gasteiger partial charge on any atom is -0.497 e. The summed E-state index contributed by atoms with van der Waals surface area (Å²) in [4.78, 5) is 1.58. The van der Waals surface area contributed by atoms with Crippen molar-refractivity contribution >= 4 is 6.98 Å². The number of likely N-dealkylation sites (N-methyl/N-ethyl adjacent to an activating group) is 1. The summed E-state index contributed by atoms with van der Waals surface area (Å²) >= 11 is 0. The molecule has 1 rings (SSSR count). The minimum absolute atomic E-state index is 0. The Morgan fingerprint density at radius 2 is 1.79 bits per heavy atom. The number of hydrogen-bond acceptors (Lipinski definition) is 2. The molecule has 0 fully saturated rings. The molecule has 0 aliphatic heterocycles. The van der Waals surface area contributed by atoms with E-state index in [1.807, 2.05) is 12.1 Å². The Morgan fingerprint density at radius 3 is 2.21 bits per heavy atom. The predicted molar refractivity (Wildman–Crippen MR) is 67.5 cm³/mol. The first kappa shape index (κ1) is 19.2. The number of hydrogen-bond donors (Lipinski definition) is 0. The number of nitrogens with zero attached hydrogens (tertiary/aromatic N) is 1. The van der Waals surface area contributed by atoms with Gasteiger partial charge in [0.15, 0.2) is 0 Å². The van der Waals surface area contributed by atoms with Crippen molar-refractivity contribution in [1.82, 2.24) is 4.90 Å². The molecular weight excluding hydrogens is 281 g/mol. The maximum Gasteiger partial charge on any atom is 1.00 e. The van der Waals surface area contributed by atoms with Gasteiger partial charge in [-0.2, -0.15) is 0 Å². The normalized spacial score (nSPS) is 11.1. The van der Waals surface area contributed by atoms with Crippen LogP contribution in [0.3, 0.4) is 0 Å². The summed E-state index contributed by atoms with van der Waals surface area (Å²) in [5.41, 5.74) is 0.256. The number of benzene rings is 1. The van der Waals surface area contributed by atoms with Crippen LogP contribution in [0.4, 0.5) is 12.9 Å². The summed E-state index contributed by atoms with van der Waals surface area (Å²) in [7, 11) is 3.20. The maximum atomic E-state index is 12.4. The van der Waals surface area contributed by atoms with Crippen molar-refractivity contribution in [2.45, 2.75) is 6.54 Å². The molecule has 0 heterocycles. The average molecular weight is 297 g/mol. The summed E-state index contributed by atoms with van der Waals surface area (Å²) in [6.45, 7) is -1.60. The van der Waals surface area contributed by atoms with Crippen molar-refractivity contribution < 1.29 is 69.1 Å². The second-order valence-corrected chi connectivity index (χ2v) is 4.25. The number of rotatable bonds is 6. The molecule has 0 radical (unpaired) electrons. The molecule has 0 aromatic heterocycles. The van der Waals surface area contributed by atoms with E-state index in [-0.39, 0.29) is 57.9 Å².